The number of hydrogen-bond acceptors (Lipinski definition) is 3. The summed E-state index contributed by atoms with van der Waals surface area (Å²) < 4.78 is 0. The van der Waals surface area contributed by atoms with Gasteiger partial charge in [0.1, 0.15) is 5.82 Å². The zero-order chi connectivity index (χ0) is 13.4. The molecule has 1 rings (SSSR count). The molecule has 0 unspecified atom stereocenters. The minimum Gasteiger partial charge on any atom is -0.346 e. The van der Waals surface area contributed by atoms with E-state index in [0.29, 0.717) is 6.54 Å². The van der Waals surface area contributed by atoms with E-state index in [2.05, 4.69) is 54.0 Å². The van der Waals surface area contributed by atoms with Crippen molar-refractivity contribution in [1.82, 2.24) is 10.3 Å². The first kappa shape index (κ1) is 14.5. The maximum absolute atomic E-state index is 5.36. The Balaban J connectivity index is 2.75. The highest BCUT2D eigenvalue weighted by atomic mass is 15.2. The number of aromatic nitrogens is 1. The van der Waals surface area contributed by atoms with E-state index in [0.717, 1.165) is 37.6 Å². The fourth-order valence-electron chi connectivity index (χ4n) is 1.80. The number of nitrogens with one attached hydrogen (secondary N) is 1. The van der Waals surface area contributed by atoms with Crippen LogP contribution in [0.4, 0.5) is 5.82 Å². The van der Waals surface area contributed by atoms with Crippen molar-refractivity contribution in [2.24, 2.45) is 0 Å². The standard InChI is InChI=1S/C15H23N3/c1-5-10-16-12-14-8-9-15(17-13(14)4)18(7-3)11-6-2/h2,8-9,16H,5,7,10-12H2,1,3-4H3. The van der Waals surface area contributed by atoms with Crippen molar-refractivity contribution in [3.8, 4) is 12.3 Å². The van der Waals surface area contributed by atoms with Crippen LogP contribution in [-0.4, -0.2) is 24.6 Å². The van der Waals surface area contributed by atoms with Crippen molar-refractivity contribution in [1.29, 1.82) is 0 Å². The van der Waals surface area contributed by atoms with Gasteiger partial charge in [-0.2, -0.15) is 0 Å². The summed E-state index contributed by atoms with van der Waals surface area (Å²) in [4.78, 5) is 6.73. The van der Waals surface area contributed by atoms with Gasteiger partial charge in [-0.15, -0.1) is 6.42 Å². The number of rotatable bonds is 7. The molecular weight excluding hydrogens is 222 g/mol. The van der Waals surface area contributed by atoms with Crippen LogP contribution >= 0.6 is 0 Å². The lowest BCUT2D eigenvalue weighted by Gasteiger charge is -2.20. The molecule has 1 N–H and O–H groups in total. The third-order valence-corrected chi connectivity index (χ3v) is 2.91. The van der Waals surface area contributed by atoms with Gasteiger partial charge in [0.2, 0.25) is 0 Å². The molecule has 0 spiro atoms. The highest BCUT2D eigenvalue weighted by molar-refractivity contribution is 5.42. The van der Waals surface area contributed by atoms with Crippen LogP contribution in [0.3, 0.4) is 0 Å². The Hall–Kier alpha value is -1.53. The Morgan fingerprint density at radius 2 is 2.17 bits per heavy atom. The molecule has 1 aromatic heterocycles. The second-order valence-corrected chi connectivity index (χ2v) is 4.31. The molecule has 0 bridgehead atoms. The van der Waals surface area contributed by atoms with Gasteiger partial charge in [-0.1, -0.05) is 18.9 Å². The minimum absolute atomic E-state index is 0.608. The quantitative estimate of drug-likeness (QED) is 0.590. The van der Waals surface area contributed by atoms with E-state index in [1.807, 2.05) is 0 Å². The molecule has 0 radical (unpaired) electrons. The van der Waals surface area contributed by atoms with Crippen molar-refractivity contribution in [2.45, 2.75) is 33.7 Å². The lowest BCUT2D eigenvalue weighted by Crippen LogP contribution is -2.24. The monoisotopic (exact) mass is 245 g/mol. The number of anilines is 1. The van der Waals surface area contributed by atoms with Gasteiger partial charge in [0.25, 0.3) is 0 Å². The van der Waals surface area contributed by atoms with Gasteiger partial charge < -0.3 is 10.2 Å². The fourth-order valence-corrected chi connectivity index (χ4v) is 1.80. The summed E-state index contributed by atoms with van der Waals surface area (Å²) in [5, 5.41) is 3.39. The van der Waals surface area contributed by atoms with Gasteiger partial charge >= 0.3 is 0 Å². The van der Waals surface area contributed by atoms with Gasteiger partial charge in [0.05, 0.1) is 6.54 Å². The molecule has 0 aliphatic heterocycles. The molecule has 0 aromatic carbocycles. The van der Waals surface area contributed by atoms with Crippen molar-refractivity contribution >= 4 is 5.82 Å². The third-order valence-electron chi connectivity index (χ3n) is 2.91. The smallest absolute Gasteiger partial charge is 0.129 e. The maximum Gasteiger partial charge on any atom is 0.129 e. The Kier molecular flexibility index (Phi) is 6.24. The van der Waals surface area contributed by atoms with Crippen LogP contribution in [0.5, 0.6) is 0 Å². The summed E-state index contributed by atoms with van der Waals surface area (Å²) in [6.07, 6.45) is 6.51. The lowest BCUT2D eigenvalue weighted by molar-refractivity contribution is 0.670. The van der Waals surface area contributed by atoms with Crippen LogP contribution in [0.15, 0.2) is 12.1 Å². The van der Waals surface area contributed by atoms with Gasteiger partial charge in [-0.3, -0.25) is 0 Å². The van der Waals surface area contributed by atoms with Gasteiger partial charge in [0, 0.05) is 18.8 Å². The largest absolute Gasteiger partial charge is 0.346 e. The molecule has 0 saturated heterocycles. The predicted molar refractivity (Wildman–Crippen MR) is 77.7 cm³/mol. The van der Waals surface area contributed by atoms with Gasteiger partial charge in [0.15, 0.2) is 0 Å². The Morgan fingerprint density at radius 3 is 2.72 bits per heavy atom. The Labute approximate surface area is 111 Å². The van der Waals surface area contributed by atoms with Gasteiger partial charge in [-0.05, 0) is 38.4 Å². The van der Waals surface area contributed by atoms with Crippen molar-refractivity contribution in [2.75, 3.05) is 24.5 Å². The summed E-state index contributed by atoms with van der Waals surface area (Å²) in [7, 11) is 0. The Morgan fingerprint density at radius 1 is 1.39 bits per heavy atom. The van der Waals surface area contributed by atoms with Crippen LogP contribution in [0.1, 0.15) is 31.5 Å². The molecule has 0 fully saturated rings. The van der Waals surface area contributed by atoms with E-state index in [1.54, 1.807) is 0 Å². The first-order valence-corrected chi connectivity index (χ1v) is 6.58. The van der Waals surface area contributed by atoms with Crippen LogP contribution in [0, 0.1) is 19.3 Å². The third kappa shape index (κ3) is 4.05. The number of hydrogen-bond donors (Lipinski definition) is 1. The summed E-state index contributed by atoms with van der Waals surface area (Å²) >= 11 is 0. The van der Waals surface area contributed by atoms with Crippen LogP contribution < -0.4 is 10.2 Å². The molecule has 18 heavy (non-hydrogen) atoms. The van der Waals surface area contributed by atoms with Crippen LogP contribution in [0.2, 0.25) is 0 Å². The molecular formula is C15H23N3. The van der Waals surface area contributed by atoms with Crippen molar-refractivity contribution in [3.05, 3.63) is 23.4 Å². The highest BCUT2D eigenvalue weighted by Crippen LogP contribution is 2.14. The summed E-state index contributed by atoms with van der Waals surface area (Å²) in [5.41, 5.74) is 2.33. The van der Waals surface area contributed by atoms with Crippen molar-refractivity contribution < 1.29 is 0 Å². The molecule has 1 aromatic rings. The van der Waals surface area contributed by atoms with Crippen molar-refractivity contribution in [3.63, 3.8) is 0 Å². The van der Waals surface area contributed by atoms with E-state index < -0.39 is 0 Å². The summed E-state index contributed by atoms with van der Waals surface area (Å²) in [6, 6.07) is 4.19. The van der Waals surface area contributed by atoms with E-state index >= 15 is 0 Å². The maximum atomic E-state index is 5.36. The summed E-state index contributed by atoms with van der Waals surface area (Å²) in [6.45, 7) is 9.72. The molecule has 0 amide bonds. The Bertz CT molecular complexity index is 407. The predicted octanol–water partition coefficient (Wildman–Crippen LogP) is 2.35. The van der Waals surface area contributed by atoms with Crippen LogP contribution in [-0.2, 0) is 6.54 Å². The molecule has 98 valence electrons. The number of pyridine rings is 1. The molecule has 0 aliphatic rings. The van der Waals surface area contributed by atoms with E-state index in [9.17, 15) is 0 Å². The zero-order valence-electron chi connectivity index (χ0n) is 11.7. The zero-order valence-corrected chi connectivity index (χ0v) is 11.7. The molecule has 3 heteroatoms. The SMILES string of the molecule is C#CCN(CC)c1ccc(CNCCC)c(C)n1. The highest BCUT2D eigenvalue weighted by Gasteiger charge is 2.06. The van der Waals surface area contributed by atoms with Crippen LogP contribution in [0.25, 0.3) is 0 Å². The molecule has 1 heterocycles. The molecule has 0 aliphatic carbocycles. The minimum atomic E-state index is 0.608. The van der Waals surface area contributed by atoms with E-state index in [-0.39, 0.29) is 0 Å². The first-order chi connectivity index (χ1) is 8.72. The molecule has 0 saturated carbocycles. The second kappa shape index (κ2) is 7.73. The van der Waals surface area contributed by atoms with Gasteiger partial charge in [-0.25, -0.2) is 4.98 Å². The second-order valence-electron chi connectivity index (χ2n) is 4.31. The number of terminal acetylenes is 1. The molecule has 3 nitrogen and oxygen atoms in total. The lowest BCUT2D eigenvalue weighted by atomic mass is 10.2. The fraction of sp³-hybridized carbons (Fsp3) is 0.533. The topological polar surface area (TPSA) is 28.2 Å². The number of aryl methyl sites for hydroxylation is 1. The molecule has 0 atom stereocenters. The van der Waals surface area contributed by atoms with E-state index in [1.165, 1.54) is 5.56 Å². The summed E-state index contributed by atoms with van der Waals surface area (Å²) in [5.74, 6) is 3.63. The first-order valence-electron chi connectivity index (χ1n) is 6.58. The number of nitrogens with zero attached hydrogens (tertiary/aromatic N) is 2. The average Bonchev–Trinajstić information content (AvgIpc) is 2.38. The average molecular weight is 245 g/mol. The van der Waals surface area contributed by atoms with E-state index in [4.69, 9.17) is 6.42 Å². The normalized spacial score (nSPS) is 10.1.